The van der Waals surface area contributed by atoms with Crippen LogP contribution in [-0.2, 0) is 16.8 Å². The molecule has 0 radical (unpaired) electrons. The molecule has 0 aromatic heterocycles. The van der Waals surface area contributed by atoms with Gasteiger partial charge >= 0.3 is 6.18 Å². The number of carbonyl (C=O) groups excluding carboxylic acids is 1. The molecule has 1 amide bonds. The van der Waals surface area contributed by atoms with Crippen molar-refractivity contribution in [2.75, 3.05) is 6.54 Å². The predicted octanol–water partition coefficient (Wildman–Crippen LogP) is 4.23. The lowest BCUT2D eigenvalue weighted by atomic mass is 9.97. The fourth-order valence-electron chi connectivity index (χ4n) is 3.83. The number of nitrogens with one attached hydrogen (secondary N) is 2. The van der Waals surface area contributed by atoms with Crippen molar-refractivity contribution in [3.05, 3.63) is 77.4 Å². The molecule has 1 fully saturated rings. The summed E-state index contributed by atoms with van der Waals surface area (Å²) in [6.45, 7) is 4.41. The van der Waals surface area contributed by atoms with Crippen molar-refractivity contribution < 1.29 is 31.9 Å². The molecular weight excluding hydrogens is 443 g/mol. The average molecular weight is 468 g/mol. The van der Waals surface area contributed by atoms with Crippen molar-refractivity contribution in [3.63, 3.8) is 0 Å². The summed E-state index contributed by atoms with van der Waals surface area (Å²) in [5, 5.41) is 16.5. The lowest BCUT2D eigenvalue weighted by molar-refractivity contribution is -0.120. The molecule has 3 rings (SSSR count). The Bertz CT molecular complexity index is 1010. The SMILES string of the molecule is C=C(c1cccc(C2(NCC(O)C(Cc3cc(F)cc(F)c3)NC(C)=O)CC2)c1)C(F)(F)F. The fourth-order valence-corrected chi connectivity index (χ4v) is 3.83. The van der Waals surface area contributed by atoms with Gasteiger partial charge in [0.15, 0.2) is 0 Å². The number of carbonyl (C=O) groups is 1. The first kappa shape index (κ1) is 24.9. The van der Waals surface area contributed by atoms with Gasteiger partial charge in [-0.25, -0.2) is 8.78 Å². The van der Waals surface area contributed by atoms with Crippen LogP contribution in [0.25, 0.3) is 5.57 Å². The molecule has 2 unspecified atom stereocenters. The number of hydrogen-bond donors (Lipinski definition) is 3. The largest absolute Gasteiger partial charge is 0.416 e. The van der Waals surface area contributed by atoms with Crippen LogP contribution >= 0.6 is 0 Å². The molecule has 3 N–H and O–H groups in total. The number of hydrogen-bond acceptors (Lipinski definition) is 3. The van der Waals surface area contributed by atoms with Crippen LogP contribution in [0.15, 0.2) is 49.0 Å². The minimum atomic E-state index is -4.54. The van der Waals surface area contributed by atoms with Gasteiger partial charge in [-0.1, -0.05) is 24.8 Å². The van der Waals surface area contributed by atoms with Gasteiger partial charge in [0.05, 0.1) is 17.7 Å². The number of rotatable bonds is 9. The van der Waals surface area contributed by atoms with Crippen LogP contribution in [0.4, 0.5) is 22.0 Å². The molecule has 2 atom stereocenters. The monoisotopic (exact) mass is 468 g/mol. The molecular formula is C24H25F5N2O2. The second-order valence-electron chi connectivity index (χ2n) is 8.38. The minimum Gasteiger partial charge on any atom is -0.390 e. The maximum atomic E-state index is 13.5. The molecule has 1 saturated carbocycles. The molecule has 33 heavy (non-hydrogen) atoms. The Morgan fingerprint density at radius 1 is 1.15 bits per heavy atom. The predicted molar refractivity (Wildman–Crippen MR) is 114 cm³/mol. The van der Waals surface area contributed by atoms with E-state index in [0.717, 1.165) is 18.2 Å². The highest BCUT2D eigenvalue weighted by molar-refractivity contribution is 5.73. The van der Waals surface area contributed by atoms with E-state index in [9.17, 15) is 31.9 Å². The second kappa shape index (κ2) is 9.61. The van der Waals surface area contributed by atoms with Crippen LogP contribution in [-0.4, -0.2) is 35.9 Å². The summed E-state index contributed by atoms with van der Waals surface area (Å²) in [7, 11) is 0. The quantitative estimate of drug-likeness (QED) is 0.483. The summed E-state index contributed by atoms with van der Waals surface area (Å²) >= 11 is 0. The molecule has 0 bridgehead atoms. The van der Waals surface area contributed by atoms with Crippen molar-refractivity contribution in [2.24, 2.45) is 0 Å². The molecule has 1 aliphatic rings. The summed E-state index contributed by atoms with van der Waals surface area (Å²) in [4.78, 5) is 11.6. The molecule has 178 valence electrons. The van der Waals surface area contributed by atoms with Gasteiger partial charge in [0.2, 0.25) is 5.91 Å². The number of halogens is 5. The summed E-state index contributed by atoms with van der Waals surface area (Å²) in [5.41, 5.74) is -0.661. The van der Waals surface area contributed by atoms with Gasteiger partial charge in [-0.3, -0.25) is 4.79 Å². The summed E-state index contributed by atoms with van der Waals surface area (Å²) in [6.07, 6.45) is -4.36. The Hall–Kier alpha value is -2.78. The third-order valence-corrected chi connectivity index (χ3v) is 5.74. The van der Waals surface area contributed by atoms with Gasteiger partial charge in [-0.05, 0) is 54.2 Å². The molecule has 2 aromatic carbocycles. The van der Waals surface area contributed by atoms with Crippen molar-refractivity contribution in [2.45, 2.75) is 50.0 Å². The normalized spacial score (nSPS) is 16.7. The fraction of sp³-hybridized carbons (Fsp3) is 0.375. The van der Waals surface area contributed by atoms with Gasteiger partial charge in [0.1, 0.15) is 11.6 Å². The lowest BCUT2D eigenvalue weighted by Crippen LogP contribution is -2.49. The maximum absolute atomic E-state index is 13.5. The number of benzene rings is 2. The zero-order chi connectivity index (χ0) is 24.4. The highest BCUT2D eigenvalue weighted by Crippen LogP contribution is 2.46. The van der Waals surface area contributed by atoms with Crippen LogP contribution in [0.5, 0.6) is 0 Å². The van der Waals surface area contributed by atoms with E-state index in [1.54, 1.807) is 6.07 Å². The van der Waals surface area contributed by atoms with E-state index in [0.29, 0.717) is 18.4 Å². The smallest absolute Gasteiger partial charge is 0.390 e. The van der Waals surface area contributed by atoms with Crippen LogP contribution in [0.3, 0.4) is 0 Å². The first-order chi connectivity index (χ1) is 15.4. The Kier molecular flexibility index (Phi) is 7.23. The van der Waals surface area contributed by atoms with Crippen LogP contribution in [0.1, 0.15) is 36.5 Å². The van der Waals surface area contributed by atoms with E-state index in [2.05, 4.69) is 17.2 Å². The first-order valence-electron chi connectivity index (χ1n) is 10.4. The maximum Gasteiger partial charge on any atom is 0.416 e. The molecule has 1 aliphatic carbocycles. The third kappa shape index (κ3) is 6.39. The molecule has 0 spiro atoms. The Morgan fingerprint density at radius 2 is 1.79 bits per heavy atom. The summed E-state index contributed by atoms with van der Waals surface area (Å²) in [5.74, 6) is -1.96. The Balaban J connectivity index is 1.71. The van der Waals surface area contributed by atoms with Crippen LogP contribution in [0, 0.1) is 11.6 Å². The first-order valence-corrected chi connectivity index (χ1v) is 10.4. The van der Waals surface area contributed by atoms with E-state index >= 15 is 0 Å². The van der Waals surface area contributed by atoms with E-state index < -0.39 is 47.0 Å². The van der Waals surface area contributed by atoms with E-state index in [1.807, 2.05) is 0 Å². The molecule has 0 aliphatic heterocycles. The van der Waals surface area contributed by atoms with Gasteiger partial charge in [-0.15, -0.1) is 0 Å². The number of aliphatic hydroxyl groups excluding tert-OH is 1. The molecule has 0 heterocycles. The van der Waals surface area contributed by atoms with E-state index in [4.69, 9.17) is 0 Å². The molecule has 2 aromatic rings. The number of allylic oxidation sites excluding steroid dienone is 1. The second-order valence-corrected chi connectivity index (χ2v) is 8.38. The van der Waals surface area contributed by atoms with E-state index in [1.165, 1.54) is 25.1 Å². The lowest BCUT2D eigenvalue weighted by Gasteiger charge is -2.27. The highest BCUT2D eigenvalue weighted by Gasteiger charge is 2.45. The van der Waals surface area contributed by atoms with Crippen molar-refractivity contribution in [1.29, 1.82) is 0 Å². The highest BCUT2D eigenvalue weighted by atomic mass is 19.4. The molecule has 4 nitrogen and oxygen atoms in total. The standard InChI is InChI=1S/C24H25F5N2O2/c1-14(24(27,28)29)17-4-3-5-18(11-17)23(6-7-23)30-13-22(33)21(31-15(2)32)10-16-8-19(25)12-20(26)9-16/h3-5,8-9,11-12,21-22,30,33H,1,6-7,10,13H2,2H3,(H,31,32). The van der Waals surface area contributed by atoms with Crippen molar-refractivity contribution in [3.8, 4) is 0 Å². The summed E-state index contributed by atoms with van der Waals surface area (Å²) in [6, 6.07) is 8.16. The zero-order valence-electron chi connectivity index (χ0n) is 18.0. The van der Waals surface area contributed by atoms with Crippen molar-refractivity contribution >= 4 is 11.5 Å². The van der Waals surface area contributed by atoms with Crippen LogP contribution in [0.2, 0.25) is 0 Å². The molecule has 9 heteroatoms. The van der Waals surface area contributed by atoms with E-state index in [-0.39, 0.29) is 24.1 Å². The van der Waals surface area contributed by atoms with Gasteiger partial charge < -0.3 is 15.7 Å². The summed E-state index contributed by atoms with van der Waals surface area (Å²) < 4.78 is 66.1. The molecule has 0 saturated heterocycles. The van der Waals surface area contributed by atoms with Gasteiger partial charge in [-0.2, -0.15) is 13.2 Å². The Labute approximate surface area is 188 Å². The van der Waals surface area contributed by atoms with Gasteiger partial charge in [0, 0.05) is 25.1 Å². The third-order valence-electron chi connectivity index (χ3n) is 5.74. The van der Waals surface area contributed by atoms with Crippen LogP contribution < -0.4 is 10.6 Å². The zero-order valence-corrected chi connectivity index (χ0v) is 18.0. The minimum absolute atomic E-state index is 0.00713. The topological polar surface area (TPSA) is 61.4 Å². The number of alkyl halides is 3. The van der Waals surface area contributed by atoms with Gasteiger partial charge in [0.25, 0.3) is 0 Å². The van der Waals surface area contributed by atoms with Crippen molar-refractivity contribution in [1.82, 2.24) is 10.6 Å². The number of amides is 1. The average Bonchev–Trinajstić information content (AvgIpc) is 3.50. The number of aliphatic hydroxyl groups is 1. The Morgan fingerprint density at radius 3 is 2.33 bits per heavy atom.